The van der Waals surface area contributed by atoms with Crippen LogP contribution in [0.5, 0.6) is 0 Å². The lowest BCUT2D eigenvalue weighted by atomic mass is 10.2. The number of anilines is 1. The summed E-state index contributed by atoms with van der Waals surface area (Å²) in [6, 6.07) is 1.34. The second-order valence-electron chi connectivity index (χ2n) is 4.63. The van der Waals surface area contributed by atoms with Crippen LogP contribution in [0, 0.1) is 0 Å². The molecule has 19 heavy (non-hydrogen) atoms. The minimum absolute atomic E-state index is 0.0502. The van der Waals surface area contributed by atoms with Crippen LogP contribution in [0.1, 0.15) is 13.3 Å². The molecule has 1 heterocycles. The van der Waals surface area contributed by atoms with Gasteiger partial charge >= 0.3 is 0 Å². The number of nitrogens with two attached hydrogens (primary N) is 1. The Labute approximate surface area is 114 Å². The molecule has 1 unspecified atom stereocenters. The highest BCUT2D eigenvalue weighted by Crippen LogP contribution is 2.18. The average Bonchev–Trinajstić information content (AvgIpc) is 2.35. The molecule has 0 amide bonds. The van der Waals surface area contributed by atoms with E-state index >= 15 is 0 Å². The zero-order valence-corrected chi connectivity index (χ0v) is 12.2. The van der Waals surface area contributed by atoms with Crippen LogP contribution in [0.15, 0.2) is 23.4 Å². The van der Waals surface area contributed by atoms with Crippen LogP contribution in [0.4, 0.5) is 5.69 Å². The van der Waals surface area contributed by atoms with Crippen molar-refractivity contribution in [1.29, 1.82) is 0 Å². The Kier molecular flexibility index (Phi) is 5.67. The molecule has 7 nitrogen and oxygen atoms in total. The van der Waals surface area contributed by atoms with Gasteiger partial charge in [-0.2, -0.15) is 0 Å². The molecule has 108 valence electrons. The Morgan fingerprint density at radius 1 is 1.47 bits per heavy atom. The standard InChI is InChI=1S/C11H21N5O2S/c1-9(5-7-16(2)3)15-19(17,18)11-8-13-6-4-10(11)14-12/h4,6,8-9,15H,5,7,12H2,1-3H3,(H,13,14). The van der Waals surface area contributed by atoms with E-state index in [1.165, 1.54) is 18.5 Å². The number of aromatic nitrogens is 1. The van der Waals surface area contributed by atoms with Gasteiger partial charge in [0.15, 0.2) is 0 Å². The molecule has 0 aromatic carbocycles. The molecule has 0 aliphatic carbocycles. The van der Waals surface area contributed by atoms with Crippen molar-refractivity contribution in [3.8, 4) is 0 Å². The first-order valence-electron chi connectivity index (χ1n) is 5.94. The van der Waals surface area contributed by atoms with E-state index in [4.69, 9.17) is 5.84 Å². The van der Waals surface area contributed by atoms with Gasteiger partial charge in [-0.05, 0) is 40.1 Å². The van der Waals surface area contributed by atoms with Gasteiger partial charge in [-0.15, -0.1) is 0 Å². The van der Waals surface area contributed by atoms with Crippen molar-refractivity contribution in [2.75, 3.05) is 26.1 Å². The molecule has 4 N–H and O–H groups in total. The molecule has 1 atom stereocenters. The first-order valence-corrected chi connectivity index (χ1v) is 7.43. The number of pyridine rings is 1. The molecule has 0 saturated heterocycles. The van der Waals surface area contributed by atoms with Crippen LogP contribution in [-0.2, 0) is 10.0 Å². The average molecular weight is 287 g/mol. The van der Waals surface area contributed by atoms with E-state index in [0.29, 0.717) is 5.69 Å². The summed E-state index contributed by atoms with van der Waals surface area (Å²) in [7, 11) is 0.263. The van der Waals surface area contributed by atoms with Crippen molar-refractivity contribution in [3.05, 3.63) is 18.5 Å². The predicted molar refractivity (Wildman–Crippen MR) is 75.0 cm³/mol. The molecule has 0 bridgehead atoms. The monoisotopic (exact) mass is 287 g/mol. The summed E-state index contributed by atoms with van der Waals surface area (Å²) < 4.78 is 27.0. The summed E-state index contributed by atoms with van der Waals surface area (Å²) in [5, 5.41) is 0. The van der Waals surface area contributed by atoms with Gasteiger partial charge in [0.25, 0.3) is 0 Å². The van der Waals surface area contributed by atoms with Gasteiger partial charge in [-0.1, -0.05) is 0 Å². The number of sulfonamides is 1. The number of nitrogens with zero attached hydrogens (tertiary/aromatic N) is 2. The normalized spacial score (nSPS) is 13.5. The largest absolute Gasteiger partial charge is 0.323 e. The Bertz CT molecular complexity index is 504. The van der Waals surface area contributed by atoms with Gasteiger partial charge < -0.3 is 10.3 Å². The Balaban J connectivity index is 2.81. The van der Waals surface area contributed by atoms with Gasteiger partial charge in [0, 0.05) is 18.4 Å². The SMILES string of the molecule is CC(CCN(C)C)NS(=O)(=O)c1cnccc1NN. The summed E-state index contributed by atoms with van der Waals surface area (Å²) in [4.78, 5) is 5.87. The fourth-order valence-corrected chi connectivity index (χ4v) is 2.94. The van der Waals surface area contributed by atoms with E-state index in [1.54, 1.807) is 0 Å². The van der Waals surface area contributed by atoms with Gasteiger partial charge in [0.05, 0.1) is 5.69 Å². The summed E-state index contributed by atoms with van der Waals surface area (Å²) in [5.74, 6) is 5.30. The maximum absolute atomic E-state index is 12.2. The lowest BCUT2D eigenvalue weighted by molar-refractivity contribution is 0.379. The van der Waals surface area contributed by atoms with Crippen molar-refractivity contribution < 1.29 is 8.42 Å². The number of rotatable bonds is 7. The molecule has 0 aliphatic heterocycles. The van der Waals surface area contributed by atoms with Crippen molar-refractivity contribution in [2.24, 2.45) is 5.84 Å². The number of nitrogen functional groups attached to an aromatic ring is 1. The third kappa shape index (κ3) is 4.75. The number of hydrazine groups is 1. The molecule has 1 aromatic rings. The second-order valence-corrected chi connectivity index (χ2v) is 6.31. The van der Waals surface area contributed by atoms with Gasteiger partial charge in [-0.25, -0.2) is 13.1 Å². The topological polar surface area (TPSA) is 100 Å². The highest BCUT2D eigenvalue weighted by atomic mass is 32.2. The van der Waals surface area contributed by atoms with Gasteiger partial charge in [-0.3, -0.25) is 10.8 Å². The fraction of sp³-hybridized carbons (Fsp3) is 0.545. The Hall–Kier alpha value is -1.22. The molecule has 0 aliphatic rings. The summed E-state index contributed by atoms with van der Waals surface area (Å²) in [6.07, 6.45) is 3.47. The van der Waals surface area contributed by atoms with E-state index < -0.39 is 10.0 Å². The second kappa shape index (κ2) is 6.80. The molecule has 0 spiro atoms. The third-order valence-electron chi connectivity index (χ3n) is 2.60. The van der Waals surface area contributed by atoms with Crippen molar-refractivity contribution >= 4 is 15.7 Å². The van der Waals surface area contributed by atoms with Crippen LogP contribution in [0.3, 0.4) is 0 Å². The van der Waals surface area contributed by atoms with E-state index in [0.717, 1.165) is 13.0 Å². The fourth-order valence-electron chi connectivity index (χ4n) is 1.55. The van der Waals surface area contributed by atoms with Crippen LogP contribution in [0.2, 0.25) is 0 Å². The van der Waals surface area contributed by atoms with Crippen molar-refractivity contribution in [2.45, 2.75) is 24.3 Å². The van der Waals surface area contributed by atoms with Crippen LogP contribution in [0.25, 0.3) is 0 Å². The molecule has 0 saturated carbocycles. The maximum atomic E-state index is 12.2. The van der Waals surface area contributed by atoms with Crippen LogP contribution >= 0.6 is 0 Å². The summed E-state index contributed by atoms with van der Waals surface area (Å²) in [6.45, 7) is 2.63. The summed E-state index contributed by atoms with van der Waals surface area (Å²) in [5.41, 5.74) is 2.68. The molecule has 0 fully saturated rings. The molecule has 1 aromatic heterocycles. The third-order valence-corrected chi connectivity index (χ3v) is 4.21. The highest BCUT2D eigenvalue weighted by Gasteiger charge is 2.20. The van der Waals surface area contributed by atoms with Gasteiger partial charge in [0.1, 0.15) is 4.90 Å². The lowest BCUT2D eigenvalue weighted by Crippen LogP contribution is -2.35. The lowest BCUT2D eigenvalue weighted by Gasteiger charge is -2.17. The molecule has 8 heteroatoms. The van der Waals surface area contributed by atoms with Crippen molar-refractivity contribution in [1.82, 2.24) is 14.6 Å². The van der Waals surface area contributed by atoms with E-state index in [2.05, 4.69) is 15.1 Å². The molecule has 1 rings (SSSR count). The summed E-state index contributed by atoms with van der Waals surface area (Å²) >= 11 is 0. The highest BCUT2D eigenvalue weighted by molar-refractivity contribution is 7.89. The smallest absolute Gasteiger partial charge is 0.244 e. The Morgan fingerprint density at radius 2 is 2.16 bits per heavy atom. The number of hydrogen-bond donors (Lipinski definition) is 3. The minimum Gasteiger partial charge on any atom is -0.323 e. The molecule has 0 radical (unpaired) electrons. The Morgan fingerprint density at radius 3 is 2.74 bits per heavy atom. The molecular weight excluding hydrogens is 266 g/mol. The van der Waals surface area contributed by atoms with Gasteiger partial charge in [0.2, 0.25) is 10.0 Å². The van der Waals surface area contributed by atoms with Crippen LogP contribution < -0.4 is 16.0 Å². The van der Waals surface area contributed by atoms with Crippen LogP contribution in [-0.4, -0.2) is 45.0 Å². The zero-order chi connectivity index (χ0) is 14.5. The molecular formula is C11H21N5O2S. The van der Waals surface area contributed by atoms with E-state index in [-0.39, 0.29) is 10.9 Å². The maximum Gasteiger partial charge on any atom is 0.244 e. The number of nitrogens with one attached hydrogen (secondary N) is 2. The predicted octanol–water partition coefficient (Wildman–Crippen LogP) is -0.0143. The van der Waals surface area contributed by atoms with E-state index in [9.17, 15) is 8.42 Å². The quantitative estimate of drug-likeness (QED) is 0.481. The zero-order valence-electron chi connectivity index (χ0n) is 11.4. The minimum atomic E-state index is -3.62. The van der Waals surface area contributed by atoms with E-state index in [1.807, 2.05) is 25.9 Å². The first-order chi connectivity index (χ1) is 8.86. The van der Waals surface area contributed by atoms with Crippen molar-refractivity contribution in [3.63, 3.8) is 0 Å². The number of hydrogen-bond acceptors (Lipinski definition) is 6. The first kappa shape index (κ1) is 15.8.